The summed E-state index contributed by atoms with van der Waals surface area (Å²) in [5.41, 5.74) is 0.974. The normalized spacial score (nSPS) is 18.0. The largest absolute Gasteiger partial charge is 0.366 e. The summed E-state index contributed by atoms with van der Waals surface area (Å²) in [5.74, 6) is 1.91. The molecule has 2 aromatic rings. The van der Waals surface area contributed by atoms with Crippen LogP contribution in [-0.4, -0.2) is 70.5 Å². The third-order valence-corrected chi connectivity index (χ3v) is 6.78. The molecule has 2 aliphatic rings. The lowest BCUT2D eigenvalue weighted by molar-refractivity contribution is -0.136. The lowest BCUT2D eigenvalue weighted by atomic mass is 9.79. The van der Waals surface area contributed by atoms with Crippen molar-refractivity contribution in [1.82, 2.24) is 24.8 Å². The minimum atomic E-state index is -0.0221. The lowest BCUT2D eigenvalue weighted by Crippen LogP contribution is -2.59. The van der Waals surface area contributed by atoms with E-state index in [1.54, 1.807) is 7.05 Å². The summed E-state index contributed by atoms with van der Waals surface area (Å²) in [6.07, 6.45) is 5.64. The third-order valence-electron chi connectivity index (χ3n) is 6.78. The Bertz CT molecular complexity index is 1050. The fourth-order valence-electron chi connectivity index (χ4n) is 5.07. The van der Waals surface area contributed by atoms with E-state index in [4.69, 9.17) is 9.97 Å². The molecule has 2 aliphatic heterocycles. The van der Waals surface area contributed by atoms with E-state index in [1.165, 1.54) is 6.08 Å². The minimum absolute atomic E-state index is 0.000600. The van der Waals surface area contributed by atoms with E-state index in [-0.39, 0.29) is 23.3 Å². The number of aromatic nitrogens is 3. The van der Waals surface area contributed by atoms with Gasteiger partial charge in [0.2, 0.25) is 17.8 Å². The molecule has 4 rings (SSSR count). The van der Waals surface area contributed by atoms with Crippen LogP contribution >= 0.6 is 0 Å². The molecule has 178 valence electrons. The second kappa shape index (κ2) is 9.03. The summed E-state index contributed by atoms with van der Waals surface area (Å²) >= 11 is 0. The number of nitrogens with zero attached hydrogens (tertiary/aromatic N) is 5. The number of fused-ring (bicyclic) bond motifs is 1. The molecular formula is C24H35N7O2. The van der Waals surface area contributed by atoms with Crippen molar-refractivity contribution in [3.8, 4) is 0 Å². The molecule has 0 aliphatic carbocycles. The topological polar surface area (TPSA) is 95.4 Å². The van der Waals surface area contributed by atoms with Crippen LogP contribution in [0.15, 0.2) is 24.9 Å². The van der Waals surface area contributed by atoms with Gasteiger partial charge in [-0.05, 0) is 30.9 Å². The Kier molecular flexibility index (Phi) is 6.32. The van der Waals surface area contributed by atoms with Gasteiger partial charge in [-0.15, -0.1) is 0 Å². The first-order valence-electron chi connectivity index (χ1n) is 11.7. The number of aryl methyl sites for hydroxylation is 1. The number of carbonyl (C=O) groups is 2. The molecule has 2 fully saturated rings. The number of hydrogen-bond acceptors (Lipinski definition) is 6. The van der Waals surface area contributed by atoms with Gasteiger partial charge in [-0.25, -0.2) is 0 Å². The SMILES string of the molecule is C=CC(=O)N1CC2(CCN(c3nc(N[C@H](CC(=O)NC)CC(C)C)c4ccn(C)c4n3)C2)C1. The van der Waals surface area contributed by atoms with Crippen LogP contribution in [0.1, 0.15) is 33.1 Å². The molecule has 0 unspecified atom stereocenters. The zero-order valence-corrected chi connectivity index (χ0v) is 20.1. The van der Waals surface area contributed by atoms with E-state index >= 15 is 0 Å². The number of carbonyl (C=O) groups excluding carboxylic acids is 2. The van der Waals surface area contributed by atoms with Crippen LogP contribution in [0.5, 0.6) is 0 Å². The quantitative estimate of drug-likeness (QED) is 0.595. The first kappa shape index (κ1) is 23.1. The van der Waals surface area contributed by atoms with E-state index < -0.39 is 0 Å². The van der Waals surface area contributed by atoms with Crippen molar-refractivity contribution in [2.24, 2.45) is 18.4 Å². The molecule has 9 heteroatoms. The fourth-order valence-corrected chi connectivity index (χ4v) is 5.07. The zero-order valence-electron chi connectivity index (χ0n) is 20.1. The van der Waals surface area contributed by atoms with E-state index in [0.717, 1.165) is 55.9 Å². The molecule has 0 saturated carbocycles. The van der Waals surface area contributed by atoms with Crippen molar-refractivity contribution in [3.63, 3.8) is 0 Å². The minimum Gasteiger partial charge on any atom is -0.366 e. The van der Waals surface area contributed by atoms with Crippen molar-refractivity contribution in [2.45, 2.75) is 39.2 Å². The number of hydrogen-bond donors (Lipinski definition) is 2. The van der Waals surface area contributed by atoms with Crippen molar-refractivity contribution in [1.29, 1.82) is 0 Å². The summed E-state index contributed by atoms with van der Waals surface area (Å²) in [7, 11) is 3.65. The van der Waals surface area contributed by atoms with Crippen LogP contribution in [0.2, 0.25) is 0 Å². The van der Waals surface area contributed by atoms with Crippen LogP contribution in [0.25, 0.3) is 11.0 Å². The molecule has 0 aromatic carbocycles. The molecule has 33 heavy (non-hydrogen) atoms. The second-order valence-corrected chi connectivity index (χ2v) is 9.95. The summed E-state index contributed by atoms with van der Waals surface area (Å²) in [6.45, 7) is 11.1. The molecule has 9 nitrogen and oxygen atoms in total. The smallest absolute Gasteiger partial charge is 0.245 e. The maximum atomic E-state index is 12.1. The van der Waals surface area contributed by atoms with E-state index in [2.05, 4.69) is 36.0 Å². The third kappa shape index (κ3) is 4.67. The van der Waals surface area contributed by atoms with Gasteiger partial charge in [-0.3, -0.25) is 9.59 Å². The summed E-state index contributed by atoms with van der Waals surface area (Å²) < 4.78 is 2.00. The Morgan fingerprint density at radius 1 is 1.27 bits per heavy atom. The maximum absolute atomic E-state index is 12.1. The van der Waals surface area contributed by atoms with Crippen LogP contribution in [-0.2, 0) is 16.6 Å². The van der Waals surface area contributed by atoms with Gasteiger partial charge < -0.3 is 25.0 Å². The average Bonchev–Trinajstić information content (AvgIpc) is 3.36. The van der Waals surface area contributed by atoms with Gasteiger partial charge in [0.25, 0.3) is 0 Å². The summed E-state index contributed by atoms with van der Waals surface area (Å²) in [4.78, 5) is 37.9. The second-order valence-electron chi connectivity index (χ2n) is 9.95. The maximum Gasteiger partial charge on any atom is 0.245 e. The molecule has 4 heterocycles. The first-order chi connectivity index (χ1) is 15.7. The first-order valence-corrected chi connectivity index (χ1v) is 11.7. The van der Waals surface area contributed by atoms with Crippen molar-refractivity contribution in [3.05, 3.63) is 24.9 Å². The van der Waals surface area contributed by atoms with Crippen LogP contribution in [0, 0.1) is 11.3 Å². The summed E-state index contributed by atoms with van der Waals surface area (Å²) in [5, 5.41) is 7.24. The van der Waals surface area contributed by atoms with Gasteiger partial charge in [0, 0.05) is 64.3 Å². The Balaban J connectivity index is 1.58. The van der Waals surface area contributed by atoms with Gasteiger partial charge in [-0.2, -0.15) is 9.97 Å². The Morgan fingerprint density at radius 2 is 2.03 bits per heavy atom. The lowest BCUT2D eigenvalue weighted by Gasteiger charge is -2.47. The van der Waals surface area contributed by atoms with Crippen molar-refractivity contribution < 1.29 is 9.59 Å². The number of rotatable bonds is 8. The molecule has 2 amide bonds. The molecule has 0 bridgehead atoms. The highest BCUT2D eigenvalue weighted by molar-refractivity contribution is 5.89. The predicted octanol–water partition coefficient (Wildman–Crippen LogP) is 2.16. The highest BCUT2D eigenvalue weighted by atomic mass is 16.2. The Hall–Kier alpha value is -3.10. The van der Waals surface area contributed by atoms with Gasteiger partial charge in [0.15, 0.2) is 0 Å². The van der Waals surface area contributed by atoms with Gasteiger partial charge in [0.05, 0.1) is 5.39 Å². The number of anilines is 2. The average molecular weight is 454 g/mol. The molecule has 1 atom stereocenters. The highest BCUT2D eigenvalue weighted by Gasteiger charge is 2.49. The predicted molar refractivity (Wildman–Crippen MR) is 130 cm³/mol. The Morgan fingerprint density at radius 3 is 2.70 bits per heavy atom. The van der Waals surface area contributed by atoms with E-state index in [9.17, 15) is 9.59 Å². The van der Waals surface area contributed by atoms with Gasteiger partial charge >= 0.3 is 0 Å². The standard InChI is InChI=1S/C24H35N7O2/c1-6-20(33)31-14-24(15-31)8-10-30(13-24)23-27-21(18-7-9-29(5)22(18)28-23)26-17(11-16(2)3)12-19(32)25-4/h6-7,9,16-17H,1,8,10-15H2,2-5H3,(H,25,32)(H,26,27,28)/t17-/m0/s1. The molecule has 2 N–H and O–H groups in total. The number of amides is 2. The molecule has 2 aromatic heterocycles. The van der Waals surface area contributed by atoms with Gasteiger partial charge in [-0.1, -0.05) is 20.4 Å². The van der Waals surface area contributed by atoms with Crippen LogP contribution in [0.4, 0.5) is 11.8 Å². The summed E-state index contributed by atoms with van der Waals surface area (Å²) in [6, 6.07) is 2.00. The highest BCUT2D eigenvalue weighted by Crippen LogP contribution is 2.41. The van der Waals surface area contributed by atoms with Crippen molar-refractivity contribution >= 4 is 34.6 Å². The fraction of sp³-hybridized carbons (Fsp3) is 0.583. The van der Waals surface area contributed by atoms with E-state index in [0.29, 0.717) is 18.3 Å². The molecule has 1 spiro atoms. The Labute approximate surface area is 195 Å². The van der Waals surface area contributed by atoms with Gasteiger partial charge in [0.1, 0.15) is 11.5 Å². The van der Waals surface area contributed by atoms with Crippen LogP contribution < -0.4 is 15.5 Å². The monoisotopic (exact) mass is 453 g/mol. The zero-order chi connectivity index (χ0) is 23.8. The number of nitrogens with one attached hydrogen (secondary N) is 2. The molecule has 2 saturated heterocycles. The van der Waals surface area contributed by atoms with Crippen LogP contribution in [0.3, 0.4) is 0 Å². The number of likely N-dealkylation sites (tertiary alicyclic amines) is 1. The molecular weight excluding hydrogens is 418 g/mol. The van der Waals surface area contributed by atoms with Crippen molar-refractivity contribution in [2.75, 3.05) is 43.4 Å². The molecule has 0 radical (unpaired) electrons. The van der Waals surface area contributed by atoms with E-state index in [1.807, 2.05) is 28.8 Å².